The third-order valence-electron chi connectivity index (χ3n) is 3.89. The van der Waals surface area contributed by atoms with E-state index in [0.717, 1.165) is 12.1 Å². The maximum absolute atomic E-state index is 12.6. The maximum Gasteiger partial charge on any atom is 0.248 e. The molecular weight excluding hydrogens is 324 g/mol. The summed E-state index contributed by atoms with van der Waals surface area (Å²) < 4.78 is 1.87. The van der Waals surface area contributed by atoms with Crippen LogP contribution in [0.1, 0.15) is 19.8 Å². The van der Waals surface area contributed by atoms with Crippen LogP contribution >= 0.6 is 11.8 Å². The lowest BCUT2D eigenvalue weighted by atomic mass is 10.2. The Hall–Kier alpha value is -2.28. The molecular formula is C17H20N4O2S. The molecule has 1 atom stereocenters. The van der Waals surface area contributed by atoms with Gasteiger partial charge in [-0.1, -0.05) is 13.0 Å². The Balaban J connectivity index is 1.70. The molecule has 3 rings (SSSR count). The Morgan fingerprint density at radius 2 is 2.29 bits per heavy atom. The number of anilines is 1. The average molecular weight is 344 g/mol. The summed E-state index contributed by atoms with van der Waals surface area (Å²) in [5, 5.41) is 2.93. The van der Waals surface area contributed by atoms with Crippen LogP contribution in [0.5, 0.6) is 0 Å². The van der Waals surface area contributed by atoms with Gasteiger partial charge in [-0.25, -0.2) is 4.98 Å². The van der Waals surface area contributed by atoms with Crippen LogP contribution in [0, 0.1) is 0 Å². The summed E-state index contributed by atoms with van der Waals surface area (Å²) in [6.07, 6.45) is 6.54. The van der Waals surface area contributed by atoms with E-state index in [9.17, 15) is 9.59 Å². The zero-order chi connectivity index (χ0) is 16.9. The first-order valence-electron chi connectivity index (χ1n) is 7.95. The minimum Gasteiger partial charge on any atom is -0.324 e. The molecule has 1 aliphatic rings. The molecule has 0 spiro atoms. The van der Waals surface area contributed by atoms with Crippen LogP contribution in [0.4, 0.5) is 5.69 Å². The Labute approximate surface area is 145 Å². The summed E-state index contributed by atoms with van der Waals surface area (Å²) in [6.45, 7) is 1.97. The molecule has 0 unspecified atom stereocenters. The predicted molar refractivity (Wildman–Crippen MR) is 95.1 cm³/mol. The van der Waals surface area contributed by atoms with Gasteiger partial charge in [-0.2, -0.15) is 0 Å². The number of carbonyl (C=O) groups excluding carboxylic acids is 2. The highest BCUT2D eigenvalue weighted by Gasteiger charge is 2.34. The van der Waals surface area contributed by atoms with Crippen LogP contribution in [-0.2, 0) is 9.59 Å². The topological polar surface area (TPSA) is 67.2 Å². The van der Waals surface area contributed by atoms with Gasteiger partial charge in [0.2, 0.25) is 11.8 Å². The molecule has 1 aromatic heterocycles. The molecule has 1 fully saturated rings. The highest BCUT2D eigenvalue weighted by molar-refractivity contribution is 7.99. The minimum atomic E-state index is -0.397. The van der Waals surface area contributed by atoms with Crippen molar-refractivity contribution >= 4 is 29.3 Å². The molecule has 2 heterocycles. The van der Waals surface area contributed by atoms with Gasteiger partial charge in [-0.15, -0.1) is 11.8 Å². The lowest BCUT2D eigenvalue weighted by Crippen LogP contribution is -2.44. The molecule has 0 saturated carbocycles. The van der Waals surface area contributed by atoms with Gasteiger partial charge >= 0.3 is 0 Å². The second-order valence-electron chi connectivity index (χ2n) is 5.64. The number of nitrogens with one attached hydrogen (secondary N) is 1. The van der Waals surface area contributed by atoms with Gasteiger partial charge in [0.1, 0.15) is 6.04 Å². The van der Waals surface area contributed by atoms with E-state index in [2.05, 4.69) is 10.3 Å². The molecule has 0 aliphatic carbocycles. The van der Waals surface area contributed by atoms with Crippen molar-refractivity contribution in [3.8, 4) is 5.69 Å². The van der Waals surface area contributed by atoms with Gasteiger partial charge < -0.3 is 14.8 Å². The van der Waals surface area contributed by atoms with Crippen molar-refractivity contribution in [2.24, 2.45) is 0 Å². The van der Waals surface area contributed by atoms with Crippen LogP contribution in [0.25, 0.3) is 5.69 Å². The number of nitrogens with zero attached hydrogens (tertiary/aromatic N) is 3. The van der Waals surface area contributed by atoms with Crippen molar-refractivity contribution in [3.63, 3.8) is 0 Å². The third kappa shape index (κ3) is 3.62. The van der Waals surface area contributed by atoms with Gasteiger partial charge in [0.25, 0.3) is 0 Å². The summed E-state index contributed by atoms with van der Waals surface area (Å²) in [6, 6.07) is 7.16. The highest BCUT2D eigenvalue weighted by Crippen LogP contribution is 2.24. The second-order valence-corrected chi connectivity index (χ2v) is 6.64. The Kier molecular flexibility index (Phi) is 5.20. The molecule has 2 amide bonds. The summed E-state index contributed by atoms with van der Waals surface area (Å²) in [5.41, 5.74) is 1.64. The number of amides is 2. The summed E-state index contributed by atoms with van der Waals surface area (Å²) in [4.78, 5) is 30.5. The van der Waals surface area contributed by atoms with E-state index in [-0.39, 0.29) is 11.8 Å². The van der Waals surface area contributed by atoms with Crippen molar-refractivity contribution in [2.45, 2.75) is 25.8 Å². The van der Waals surface area contributed by atoms with Crippen LogP contribution in [0.3, 0.4) is 0 Å². The normalized spacial score (nSPS) is 17.0. The monoisotopic (exact) mass is 344 g/mol. The van der Waals surface area contributed by atoms with Gasteiger partial charge in [-0.05, 0) is 24.6 Å². The van der Waals surface area contributed by atoms with E-state index < -0.39 is 6.04 Å². The minimum absolute atomic E-state index is 0.0508. The number of hydrogen-bond donors (Lipinski definition) is 1. The number of rotatable bonds is 5. The zero-order valence-corrected chi connectivity index (χ0v) is 14.3. The largest absolute Gasteiger partial charge is 0.324 e. The standard InChI is InChI=1S/C17H20N4O2S/c1-2-4-16(22)21-12-24-10-15(21)17(23)19-13-5-3-6-14(9-13)20-8-7-18-11-20/h3,5-9,11,15H,2,4,10,12H2,1H3,(H,19,23)/t15-/m0/s1. The molecule has 126 valence electrons. The summed E-state index contributed by atoms with van der Waals surface area (Å²) >= 11 is 1.62. The van der Waals surface area contributed by atoms with E-state index in [1.54, 1.807) is 29.2 Å². The quantitative estimate of drug-likeness (QED) is 0.905. The molecule has 1 N–H and O–H groups in total. The maximum atomic E-state index is 12.6. The van der Waals surface area contributed by atoms with Crippen molar-refractivity contribution in [2.75, 3.05) is 16.9 Å². The van der Waals surface area contributed by atoms with E-state index in [0.29, 0.717) is 23.7 Å². The first-order valence-corrected chi connectivity index (χ1v) is 9.11. The Morgan fingerprint density at radius 1 is 1.42 bits per heavy atom. The SMILES string of the molecule is CCCC(=O)N1CSC[C@H]1C(=O)Nc1cccc(-n2ccnc2)c1. The molecule has 6 nitrogen and oxygen atoms in total. The number of hydrogen-bond acceptors (Lipinski definition) is 4. The smallest absolute Gasteiger partial charge is 0.248 e. The number of imidazole rings is 1. The molecule has 1 saturated heterocycles. The number of aromatic nitrogens is 2. The fraction of sp³-hybridized carbons (Fsp3) is 0.353. The highest BCUT2D eigenvalue weighted by atomic mass is 32.2. The molecule has 7 heteroatoms. The predicted octanol–water partition coefficient (Wildman–Crippen LogP) is 2.51. The van der Waals surface area contributed by atoms with E-state index in [1.807, 2.05) is 42.0 Å². The zero-order valence-electron chi connectivity index (χ0n) is 13.5. The first kappa shape index (κ1) is 16.6. The number of carbonyl (C=O) groups is 2. The summed E-state index contributed by atoms with van der Waals surface area (Å²) in [5.74, 6) is 1.15. The van der Waals surface area contributed by atoms with Crippen LogP contribution in [-0.4, -0.2) is 43.9 Å². The molecule has 24 heavy (non-hydrogen) atoms. The van der Waals surface area contributed by atoms with Gasteiger partial charge in [-0.3, -0.25) is 9.59 Å². The van der Waals surface area contributed by atoms with Crippen molar-refractivity contribution in [1.29, 1.82) is 0 Å². The summed E-state index contributed by atoms with van der Waals surface area (Å²) in [7, 11) is 0. The fourth-order valence-electron chi connectivity index (χ4n) is 2.64. The van der Waals surface area contributed by atoms with E-state index in [4.69, 9.17) is 0 Å². The van der Waals surface area contributed by atoms with Gasteiger partial charge in [0, 0.05) is 35.9 Å². The van der Waals surface area contributed by atoms with Crippen LogP contribution in [0.15, 0.2) is 43.0 Å². The Morgan fingerprint density at radius 3 is 3.04 bits per heavy atom. The van der Waals surface area contributed by atoms with Gasteiger partial charge in [0.15, 0.2) is 0 Å². The average Bonchev–Trinajstić information content (AvgIpc) is 3.27. The van der Waals surface area contributed by atoms with Crippen molar-refractivity contribution < 1.29 is 9.59 Å². The molecule has 0 bridgehead atoms. The molecule has 1 aliphatic heterocycles. The van der Waals surface area contributed by atoms with Crippen molar-refractivity contribution in [3.05, 3.63) is 43.0 Å². The lowest BCUT2D eigenvalue weighted by molar-refractivity contribution is -0.136. The van der Waals surface area contributed by atoms with Crippen molar-refractivity contribution in [1.82, 2.24) is 14.5 Å². The Bertz CT molecular complexity index is 717. The van der Waals surface area contributed by atoms with Gasteiger partial charge in [0.05, 0.1) is 12.2 Å². The lowest BCUT2D eigenvalue weighted by Gasteiger charge is -2.23. The molecule has 2 aromatic rings. The van der Waals surface area contributed by atoms with Crippen LogP contribution < -0.4 is 5.32 Å². The molecule has 0 radical (unpaired) electrons. The van der Waals surface area contributed by atoms with E-state index >= 15 is 0 Å². The molecule has 1 aromatic carbocycles. The van der Waals surface area contributed by atoms with E-state index in [1.165, 1.54) is 0 Å². The first-order chi connectivity index (χ1) is 11.7. The van der Waals surface area contributed by atoms with Crippen LogP contribution in [0.2, 0.25) is 0 Å². The number of thioether (sulfide) groups is 1. The fourth-order valence-corrected chi connectivity index (χ4v) is 3.83. The third-order valence-corrected chi connectivity index (χ3v) is 4.90. The number of benzene rings is 1. The second kappa shape index (κ2) is 7.53.